The number of fused-ring (bicyclic) bond motifs is 2. The van der Waals surface area contributed by atoms with E-state index in [1.54, 1.807) is 36.4 Å². The number of aliphatic hydroxyl groups is 2. The third-order valence-electron chi connectivity index (χ3n) is 12.5. The molecule has 0 unspecified atom stereocenters. The highest BCUT2D eigenvalue weighted by Gasteiger charge is 2.70. The molecule has 2 bridgehead atoms. The molecule has 0 aliphatic heterocycles. The van der Waals surface area contributed by atoms with Crippen molar-refractivity contribution < 1.29 is 35.4 Å². The predicted octanol–water partition coefficient (Wildman–Crippen LogP) is 5.53. The van der Waals surface area contributed by atoms with Crippen LogP contribution in [-0.4, -0.2) is 52.0 Å². The Bertz CT molecular complexity index is 1610. The number of aryl methyl sites for hydroxylation is 2. The molecule has 0 aromatic heterocycles. The number of aliphatic hydroxyl groups excluding tert-OH is 1. The second-order valence-corrected chi connectivity index (χ2v) is 18.0. The van der Waals surface area contributed by atoms with E-state index in [0.29, 0.717) is 18.8 Å². The van der Waals surface area contributed by atoms with Crippen LogP contribution in [0.1, 0.15) is 76.3 Å². The summed E-state index contributed by atoms with van der Waals surface area (Å²) in [7, 11) is -8.00. The fourth-order valence-corrected chi connectivity index (χ4v) is 11.8. The molecule has 4 aliphatic rings. The van der Waals surface area contributed by atoms with Gasteiger partial charge in [-0.25, -0.2) is 0 Å². The minimum absolute atomic E-state index is 0.0336. The summed E-state index contributed by atoms with van der Waals surface area (Å²) in [5.41, 5.74) is -0.368. The number of hydrogen-bond donors (Lipinski definition) is 2. The average Bonchev–Trinajstić information content (AvgIpc) is 3.33. The van der Waals surface area contributed by atoms with Crippen LogP contribution in [0.3, 0.4) is 0 Å². The highest BCUT2D eigenvalue weighted by atomic mass is 32.2. The summed E-state index contributed by atoms with van der Waals surface area (Å²) in [6, 6.07) is 13.1. The normalized spacial score (nSPS) is 38.6. The third-order valence-corrected chi connectivity index (χ3v) is 15.1. The summed E-state index contributed by atoms with van der Waals surface area (Å²) in [5, 5.41) is 23.3. The van der Waals surface area contributed by atoms with E-state index in [-0.39, 0.29) is 45.7 Å². The molecule has 2 aromatic rings. The molecular formula is C34H46O8S2. The molecule has 4 saturated carbocycles. The molecule has 8 nitrogen and oxygen atoms in total. The molecule has 0 radical (unpaired) electrons. The summed E-state index contributed by atoms with van der Waals surface area (Å²) in [6.45, 7) is 7.72. The Morgan fingerprint density at radius 2 is 1.30 bits per heavy atom. The van der Waals surface area contributed by atoms with Gasteiger partial charge in [0.1, 0.15) is 0 Å². The molecule has 4 fully saturated rings. The Hall–Kier alpha value is -1.82. The van der Waals surface area contributed by atoms with Crippen LogP contribution >= 0.6 is 0 Å². The first-order valence-electron chi connectivity index (χ1n) is 15.9. The Labute approximate surface area is 262 Å². The molecule has 6 rings (SSSR count). The quantitative estimate of drug-likeness (QED) is 0.359. The van der Waals surface area contributed by atoms with Crippen molar-refractivity contribution in [1.82, 2.24) is 0 Å². The zero-order valence-corrected chi connectivity index (χ0v) is 27.8. The number of benzene rings is 2. The largest absolute Gasteiger partial charge is 0.392 e. The van der Waals surface area contributed by atoms with E-state index >= 15 is 0 Å². The molecule has 1 spiro atoms. The molecule has 242 valence electrons. The van der Waals surface area contributed by atoms with Crippen LogP contribution in [0.5, 0.6) is 0 Å². The van der Waals surface area contributed by atoms with E-state index in [1.165, 1.54) is 12.1 Å². The lowest BCUT2D eigenvalue weighted by molar-refractivity contribution is -0.213. The zero-order valence-electron chi connectivity index (χ0n) is 26.2. The van der Waals surface area contributed by atoms with Crippen LogP contribution in [0.4, 0.5) is 0 Å². The Kier molecular flexibility index (Phi) is 7.94. The van der Waals surface area contributed by atoms with Crippen molar-refractivity contribution in [2.24, 2.45) is 34.0 Å². The fraction of sp³-hybridized carbons (Fsp3) is 0.647. The molecule has 10 heteroatoms. The van der Waals surface area contributed by atoms with Crippen molar-refractivity contribution >= 4 is 20.2 Å². The topological polar surface area (TPSA) is 127 Å². The molecule has 2 N–H and O–H groups in total. The van der Waals surface area contributed by atoms with Crippen molar-refractivity contribution in [3.8, 4) is 0 Å². The van der Waals surface area contributed by atoms with Gasteiger partial charge in [0.2, 0.25) is 0 Å². The predicted molar refractivity (Wildman–Crippen MR) is 166 cm³/mol. The number of rotatable bonds is 8. The fourth-order valence-electron chi connectivity index (χ4n) is 9.83. The van der Waals surface area contributed by atoms with Crippen molar-refractivity contribution in [3.63, 3.8) is 0 Å². The summed E-state index contributed by atoms with van der Waals surface area (Å²) in [4.78, 5) is 0.194. The molecular weight excluding hydrogens is 601 g/mol. The maximum absolute atomic E-state index is 13.2. The van der Waals surface area contributed by atoms with Gasteiger partial charge in [0.15, 0.2) is 0 Å². The number of hydrogen-bond acceptors (Lipinski definition) is 8. The molecule has 8 atom stereocenters. The van der Waals surface area contributed by atoms with Gasteiger partial charge < -0.3 is 10.2 Å². The zero-order chi connectivity index (χ0) is 31.8. The molecule has 4 aliphatic carbocycles. The van der Waals surface area contributed by atoms with E-state index in [2.05, 4.69) is 6.92 Å². The van der Waals surface area contributed by atoms with Crippen LogP contribution in [0.25, 0.3) is 0 Å². The van der Waals surface area contributed by atoms with E-state index in [0.717, 1.165) is 49.7 Å². The Morgan fingerprint density at radius 1 is 0.750 bits per heavy atom. The maximum atomic E-state index is 13.2. The van der Waals surface area contributed by atoms with E-state index in [4.69, 9.17) is 8.37 Å². The van der Waals surface area contributed by atoms with Crippen LogP contribution in [0.15, 0.2) is 58.3 Å². The first-order chi connectivity index (χ1) is 20.5. The van der Waals surface area contributed by atoms with Gasteiger partial charge in [-0.15, -0.1) is 0 Å². The summed E-state index contributed by atoms with van der Waals surface area (Å²) in [6.07, 6.45) is 5.19. The van der Waals surface area contributed by atoms with E-state index in [9.17, 15) is 27.0 Å². The van der Waals surface area contributed by atoms with Crippen LogP contribution in [0.2, 0.25) is 0 Å². The van der Waals surface area contributed by atoms with Crippen LogP contribution in [0, 0.1) is 47.8 Å². The first-order valence-corrected chi connectivity index (χ1v) is 18.7. The highest BCUT2D eigenvalue weighted by Crippen LogP contribution is 2.75. The molecule has 0 saturated heterocycles. The van der Waals surface area contributed by atoms with Gasteiger partial charge in [0, 0.05) is 5.41 Å². The lowest BCUT2D eigenvalue weighted by Crippen LogP contribution is -2.63. The van der Waals surface area contributed by atoms with Crippen molar-refractivity contribution in [2.75, 3.05) is 13.2 Å². The van der Waals surface area contributed by atoms with Gasteiger partial charge >= 0.3 is 0 Å². The van der Waals surface area contributed by atoms with Crippen molar-refractivity contribution in [1.29, 1.82) is 0 Å². The molecule has 0 heterocycles. The lowest BCUT2D eigenvalue weighted by atomic mass is 9.39. The Morgan fingerprint density at radius 3 is 1.86 bits per heavy atom. The second-order valence-electron chi connectivity index (χ2n) is 14.8. The second kappa shape index (κ2) is 10.9. The van der Waals surface area contributed by atoms with Crippen LogP contribution < -0.4 is 0 Å². The summed E-state index contributed by atoms with van der Waals surface area (Å²) < 4.78 is 63.4. The standard InChI is InChI=1S/C34H46O8S2/c1-23-5-10-27(11-6-23)43(37,38)41-21-31(3)29-14-9-25-19-26-20-33(25,32(29,4)16-15-30(31)35)17-18-34(26,36)22-42-44(39,40)28-12-7-24(2)8-13-28/h5-8,10-13,25-26,29-30,35-36H,9,14-22H2,1-4H3/t25-,26+,29-,30+,31-,32-,33-,34-/m0/s1. The third kappa shape index (κ3) is 5.08. The van der Waals surface area contributed by atoms with Gasteiger partial charge in [0.05, 0.1) is 34.7 Å². The van der Waals surface area contributed by atoms with Gasteiger partial charge in [-0.2, -0.15) is 16.8 Å². The van der Waals surface area contributed by atoms with Crippen LogP contribution in [-0.2, 0) is 28.6 Å². The molecule has 2 aromatic carbocycles. The van der Waals surface area contributed by atoms with Gasteiger partial charge in [-0.3, -0.25) is 8.37 Å². The minimum Gasteiger partial charge on any atom is -0.392 e. The lowest BCUT2D eigenvalue weighted by Gasteiger charge is -2.66. The first kappa shape index (κ1) is 32.1. The van der Waals surface area contributed by atoms with Gasteiger partial charge in [-0.1, -0.05) is 49.2 Å². The summed E-state index contributed by atoms with van der Waals surface area (Å²) in [5.74, 6) is 0.306. The SMILES string of the molecule is Cc1ccc(S(=O)(=O)OC[C@@]2(O)CC[C@]34C[C@H]2C[C@@H]3CC[C@H]2[C@](C)(COS(=O)(=O)c3ccc(C)cc3)[C@H](O)CC[C@@]24C)cc1. The van der Waals surface area contributed by atoms with Gasteiger partial charge in [0.25, 0.3) is 20.2 Å². The van der Waals surface area contributed by atoms with Crippen molar-refractivity contribution in [3.05, 3.63) is 59.7 Å². The molecule has 44 heavy (non-hydrogen) atoms. The van der Waals surface area contributed by atoms with E-state index < -0.39 is 37.4 Å². The van der Waals surface area contributed by atoms with Gasteiger partial charge in [-0.05, 0) is 118 Å². The smallest absolute Gasteiger partial charge is 0.297 e. The van der Waals surface area contributed by atoms with E-state index in [1.807, 2.05) is 20.8 Å². The Balaban J connectivity index is 1.21. The highest BCUT2D eigenvalue weighted by molar-refractivity contribution is 7.87. The minimum atomic E-state index is -4.00. The average molecular weight is 647 g/mol. The van der Waals surface area contributed by atoms with Crippen molar-refractivity contribution in [2.45, 2.75) is 101 Å². The molecule has 0 amide bonds. The summed E-state index contributed by atoms with van der Waals surface area (Å²) >= 11 is 0. The monoisotopic (exact) mass is 646 g/mol. The maximum Gasteiger partial charge on any atom is 0.297 e.